The van der Waals surface area contributed by atoms with Crippen LogP contribution in [0.3, 0.4) is 0 Å². The van der Waals surface area contributed by atoms with Gasteiger partial charge in [-0.2, -0.15) is 0 Å². The van der Waals surface area contributed by atoms with Gasteiger partial charge < -0.3 is 0 Å². The van der Waals surface area contributed by atoms with Gasteiger partial charge in [-0.3, -0.25) is 4.39 Å². The molecule has 0 saturated carbocycles. The molecule has 1 heteroatoms. The molecule has 0 aliphatic rings. The maximum absolute atomic E-state index is 9.50. The summed E-state index contributed by atoms with van der Waals surface area (Å²) >= 11 is 0. The van der Waals surface area contributed by atoms with Gasteiger partial charge in [0.2, 0.25) is 0 Å². The summed E-state index contributed by atoms with van der Waals surface area (Å²) in [6.07, 6.45) is 4.02. The van der Waals surface area contributed by atoms with Crippen LogP contribution in [0.4, 0.5) is 4.39 Å². The lowest BCUT2D eigenvalue weighted by molar-refractivity contribution is 0.519. The molecule has 0 aliphatic heterocycles. The second-order valence-corrected chi connectivity index (χ2v) is 3.95. The molecule has 0 fully saturated rings. The molecule has 76 valence electrons. The van der Waals surface area contributed by atoms with Gasteiger partial charge in [-0.15, -0.1) is 0 Å². The minimum Gasteiger partial charge on any atom is -0.255 e. The lowest BCUT2D eigenvalue weighted by Crippen LogP contribution is -2.05. The lowest BCUT2D eigenvalue weighted by atomic mass is 9.87. The molecule has 0 spiro atoms. The zero-order valence-corrected chi connectivity index (χ0v) is 9.45. The fourth-order valence-electron chi connectivity index (χ4n) is 0.493. The molecule has 0 aromatic rings. The van der Waals surface area contributed by atoms with Gasteiger partial charge in [-0.1, -0.05) is 51.7 Å². The molecule has 0 heterocycles. The van der Waals surface area contributed by atoms with Crippen LogP contribution < -0.4 is 0 Å². The normalized spacial score (nSPS) is 10.6. The molecule has 0 rings (SSSR count). The van der Waals surface area contributed by atoms with Gasteiger partial charge in [0.15, 0.2) is 0 Å². The van der Waals surface area contributed by atoms with E-state index in [2.05, 4.69) is 33.9 Å². The van der Waals surface area contributed by atoms with E-state index in [1.54, 1.807) is 0 Å². The summed E-state index contributed by atoms with van der Waals surface area (Å²) in [5.74, 6) is 0. The monoisotopic (exact) mass is 184 g/mol. The van der Waals surface area contributed by atoms with Gasteiger partial charge in [-0.05, 0) is 17.9 Å². The van der Waals surface area contributed by atoms with E-state index in [1.165, 1.54) is 0 Å². The Kier molecular flexibility index (Phi) is 7.49. The van der Waals surface area contributed by atoms with Crippen molar-refractivity contribution in [2.45, 2.75) is 27.7 Å². The predicted octanol–water partition coefficient (Wildman–Crippen LogP) is 4.31. The first-order valence-electron chi connectivity index (χ1n) is 4.25. The molecule has 0 aliphatic carbocycles. The molecule has 0 atom stereocenters. The maximum Gasteiger partial charge on any atom is 0.0785 e. The van der Waals surface area contributed by atoms with Crippen LogP contribution in [0.2, 0.25) is 0 Å². The highest BCUT2D eigenvalue weighted by Crippen LogP contribution is 2.24. The summed E-state index contributed by atoms with van der Waals surface area (Å²) < 4.78 is 9.50. The summed E-state index contributed by atoms with van der Waals surface area (Å²) in [6.45, 7) is 16.2. The van der Waals surface area contributed by atoms with Crippen molar-refractivity contribution in [3.8, 4) is 0 Å². The van der Waals surface area contributed by atoms with Crippen molar-refractivity contribution in [3.05, 3.63) is 36.5 Å². The zero-order chi connectivity index (χ0) is 11.1. The molecule has 0 nitrogen and oxygen atoms in total. The van der Waals surface area contributed by atoms with Crippen LogP contribution in [-0.4, -0.2) is 7.18 Å². The Balaban J connectivity index is 0. The average molecular weight is 184 g/mol. The highest BCUT2D eigenvalue weighted by atomic mass is 19.1. The van der Waals surface area contributed by atoms with E-state index in [9.17, 15) is 4.39 Å². The van der Waals surface area contributed by atoms with Crippen LogP contribution in [-0.2, 0) is 0 Å². The van der Waals surface area contributed by atoms with Gasteiger partial charge >= 0.3 is 0 Å². The van der Waals surface area contributed by atoms with E-state index in [1.807, 2.05) is 19.1 Å². The Morgan fingerprint density at radius 1 is 1.08 bits per heavy atom. The Morgan fingerprint density at radius 2 is 1.46 bits per heavy atom. The van der Waals surface area contributed by atoms with Crippen molar-refractivity contribution < 1.29 is 4.39 Å². The Hall–Kier alpha value is -0.850. The molecule has 13 heavy (non-hydrogen) atoms. The molecule has 0 bridgehead atoms. The standard InChI is InChI=1S/C11H18.CH3F/c1-9(2)7-8-10(3)11(4,5)6;1-2/h7-8H,1,3H2,2,4-6H3;1H3/b8-7-;. The first-order chi connectivity index (χ1) is 5.84. The lowest BCUT2D eigenvalue weighted by Gasteiger charge is -2.18. The Morgan fingerprint density at radius 3 is 1.69 bits per heavy atom. The van der Waals surface area contributed by atoms with Gasteiger partial charge in [-0.25, -0.2) is 0 Å². The maximum atomic E-state index is 9.50. The summed E-state index contributed by atoms with van der Waals surface area (Å²) in [5.41, 5.74) is 2.38. The Labute approximate surface area is 81.9 Å². The number of hydrogen-bond acceptors (Lipinski definition) is 0. The van der Waals surface area contributed by atoms with Crippen molar-refractivity contribution in [1.29, 1.82) is 0 Å². The van der Waals surface area contributed by atoms with E-state index in [4.69, 9.17) is 0 Å². The van der Waals surface area contributed by atoms with Crippen LogP contribution in [0.1, 0.15) is 27.7 Å². The molecular weight excluding hydrogens is 163 g/mol. The summed E-state index contributed by atoms with van der Waals surface area (Å²) in [5, 5.41) is 0. The molecule has 0 unspecified atom stereocenters. The molecule has 0 aromatic heterocycles. The van der Waals surface area contributed by atoms with Crippen molar-refractivity contribution in [2.75, 3.05) is 7.18 Å². The summed E-state index contributed by atoms with van der Waals surface area (Å²) in [7, 11) is 0.500. The average Bonchev–Trinajstić information content (AvgIpc) is 2.02. The third-order valence-electron chi connectivity index (χ3n) is 1.53. The van der Waals surface area contributed by atoms with E-state index in [0.29, 0.717) is 7.18 Å². The number of rotatable bonds is 2. The fourth-order valence-corrected chi connectivity index (χ4v) is 0.493. The van der Waals surface area contributed by atoms with Gasteiger partial charge in [0.25, 0.3) is 0 Å². The largest absolute Gasteiger partial charge is 0.255 e. The van der Waals surface area contributed by atoms with E-state index >= 15 is 0 Å². The smallest absolute Gasteiger partial charge is 0.0785 e. The topological polar surface area (TPSA) is 0 Å². The van der Waals surface area contributed by atoms with E-state index in [0.717, 1.165) is 11.1 Å². The molecule has 0 saturated heterocycles. The number of halogens is 1. The van der Waals surface area contributed by atoms with Crippen molar-refractivity contribution >= 4 is 0 Å². The van der Waals surface area contributed by atoms with Crippen LogP contribution in [0.15, 0.2) is 36.5 Å². The van der Waals surface area contributed by atoms with Crippen LogP contribution in [0, 0.1) is 5.41 Å². The molecule has 0 N–H and O–H groups in total. The molecule has 0 radical (unpaired) electrons. The minimum absolute atomic E-state index is 0.173. The van der Waals surface area contributed by atoms with Gasteiger partial charge in [0, 0.05) is 0 Å². The number of alkyl halides is 1. The van der Waals surface area contributed by atoms with E-state index < -0.39 is 0 Å². The van der Waals surface area contributed by atoms with Gasteiger partial charge in [0.05, 0.1) is 7.18 Å². The first kappa shape index (κ1) is 14.7. The molecular formula is C12H21F. The summed E-state index contributed by atoms with van der Waals surface area (Å²) in [6, 6.07) is 0. The quantitative estimate of drug-likeness (QED) is 0.561. The van der Waals surface area contributed by atoms with Crippen molar-refractivity contribution in [2.24, 2.45) is 5.41 Å². The minimum atomic E-state index is 0.173. The van der Waals surface area contributed by atoms with Crippen LogP contribution in [0.25, 0.3) is 0 Å². The Bertz CT molecular complexity index is 192. The third-order valence-corrected chi connectivity index (χ3v) is 1.53. The second-order valence-electron chi connectivity index (χ2n) is 3.95. The molecule has 0 amide bonds. The SMILES string of the molecule is C=C(C)/C=C\C(=C)C(C)(C)C.CF. The highest BCUT2D eigenvalue weighted by Gasteiger charge is 2.11. The number of hydrogen-bond donors (Lipinski definition) is 0. The molecule has 0 aromatic carbocycles. The van der Waals surface area contributed by atoms with Crippen LogP contribution >= 0.6 is 0 Å². The second kappa shape index (κ2) is 6.64. The third kappa shape index (κ3) is 9.06. The highest BCUT2D eigenvalue weighted by molar-refractivity contribution is 5.26. The first-order valence-corrected chi connectivity index (χ1v) is 4.25. The fraction of sp³-hybridized carbons (Fsp3) is 0.500. The summed E-state index contributed by atoms with van der Waals surface area (Å²) in [4.78, 5) is 0. The van der Waals surface area contributed by atoms with Crippen molar-refractivity contribution in [1.82, 2.24) is 0 Å². The van der Waals surface area contributed by atoms with E-state index in [-0.39, 0.29) is 5.41 Å². The van der Waals surface area contributed by atoms with Gasteiger partial charge in [0.1, 0.15) is 0 Å². The van der Waals surface area contributed by atoms with Crippen LogP contribution in [0.5, 0.6) is 0 Å². The number of allylic oxidation sites excluding steroid dienone is 4. The zero-order valence-electron chi connectivity index (χ0n) is 9.45. The van der Waals surface area contributed by atoms with Crippen molar-refractivity contribution in [3.63, 3.8) is 0 Å². The predicted molar refractivity (Wildman–Crippen MR) is 59.6 cm³/mol.